The van der Waals surface area contributed by atoms with Crippen molar-refractivity contribution in [1.82, 2.24) is 10.2 Å². The number of rotatable bonds is 2. The van der Waals surface area contributed by atoms with Gasteiger partial charge in [-0.15, -0.1) is 5.10 Å². The Kier molecular flexibility index (Phi) is 3.05. The van der Waals surface area contributed by atoms with Crippen molar-refractivity contribution in [3.63, 3.8) is 0 Å². The molecule has 0 aliphatic rings. The molecule has 0 saturated heterocycles. The van der Waals surface area contributed by atoms with E-state index in [9.17, 15) is 0 Å². The van der Waals surface area contributed by atoms with E-state index < -0.39 is 0 Å². The molecule has 16 heavy (non-hydrogen) atoms. The van der Waals surface area contributed by atoms with Crippen LogP contribution in [0.25, 0.3) is 0 Å². The third-order valence-electron chi connectivity index (χ3n) is 1.89. The highest BCUT2D eigenvalue weighted by molar-refractivity contribution is 9.10. The number of halogens is 1. The maximum atomic E-state index is 5.69. The minimum atomic E-state index is 0.447. The van der Waals surface area contributed by atoms with Gasteiger partial charge in [0.1, 0.15) is 5.75 Å². The third-order valence-corrected chi connectivity index (χ3v) is 2.35. The van der Waals surface area contributed by atoms with Gasteiger partial charge in [0.05, 0.1) is 5.69 Å². The molecule has 0 amide bonds. The monoisotopic (exact) mass is 279 g/mol. The first-order valence-electron chi connectivity index (χ1n) is 4.68. The van der Waals surface area contributed by atoms with E-state index in [-0.39, 0.29) is 0 Å². The topological polar surface area (TPSA) is 61.0 Å². The number of nitrogens with two attached hydrogens (primary N) is 1. The number of hydrogen-bond acceptors (Lipinski definition) is 4. The maximum Gasteiger partial charge on any atom is 0.238 e. The molecule has 82 valence electrons. The second kappa shape index (κ2) is 4.49. The molecule has 5 heteroatoms. The number of ether oxygens (including phenoxy) is 1. The van der Waals surface area contributed by atoms with Gasteiger partial charge in [-0.2, -0.15) is 5.10 Å². The lowest BCUT2D eigenvalue weighted by Gasteiger charge is -2.05. The van der Waals surface area contributed by atoms with Gasteiger partial charge in [0.2, 0.25) is 5.88 Å². The summed E-state index contributed by atoms with van der Waals surface area (Å²) < 4.78 is 6.37. The zero-order valence-corrected chi connectivity index (χ0v) is 10.2. The standard InChI is InChI=1S/C11H10BrN3O/c1-7-2-3-11(15-14-7)16-10-5-8(12)4-9(13)6-10/h2-6H,13H2,1H3. The van der Waals surface area contributed by atoms with Crippen LogP contribution in [-0.4, -0.2) is 10.2 Å². The molecule has 0 aliphatic heterocycles. The first-order chi connectivity index (χ1) is 7.63. The number of nitrogens with zero attached hydrogens (tertiary/aromatic N) is 2. The highest BCUT2D eigenvalue weighted by atomic mass is 79.9. The highest BCUT2D eigenvalue weighted by Gasteiger charge is 2.01. The van der Waals surface area contributed by atoms with Gasteiger partial charge in [-0.25, -0.2) is 0 Å². The Morgan fingerprint density at radius 2 is 2.00 bits per heavy atom. The molecule has 1 aromatic carbocycles. The van der Waals surface area contributed by atoms with E-state index in [1.807, 2.05) is 19.1 Å². The fourth-order valence-electron chi connectivity index (χ4n) is 1.21. The van der Waals surface area contributed by atoms with Gasteiger partial charge in [-0.1, -0.05) is 15.9 Å². The smallest absolute Gasteiger partial charge is 0.238 e. The quantitative estimate of drug-likeness (QED) is 0.859. The fourth-order valence-corrected chi connectivity index (χ4v) is 1.70. The van der Waals surface area contributed by atoms with Gasteiger partial charge in [0.15, 0.2) is 0 Å². The molecule has 0 unspecified atom stereocenters. The van der Waals surface area contributed by atoms with Gasteiger partial charge >= 0.3 is 0 Å². The second-order valence-corrected chi connectivity index (χ2v) is 4.25. The van der Waals surface area contributed by atoms with Crippen LogP contribution in [0.1, 0.15) is 5.69 Å². The molecule has 0 aliphatic carbocycles. The van der Waals surface area contributed by atoms with Crippen molar-refractivity contribution >= 4 is 21.6 Å². The summed E-state index contributed by atoms with van der Waals surface area (Å²) in [4.78, 5) is 0. The molecular formula is C11H10BrN3O. The van der Waals surface area contributed by atoms with Crippen molar-refractivity contribution in [1.29, 1.82) is 0 Å². The average Bonchev–Trinajstić information content (AvgIpc) is 2.20. The van der Waals surface area contributed by atoms with E-state index in [0.29, 0.717) is 17.3 Å². The Morgan fingerprint density at radius 1 is 1.19 bits per heavy atom. The first-order valence-corrected chi connectivity index (χ1v) is 5.47. The summed E-state index contributed by atoms with van der Waals surface area (Å²) >= 11 is 3.34. The highest BCUT2D eigenvalue weighted by Crippen LogP contribution is 2.26. The summed E-state index contributed by atoms with van der Waals surface area (Å²) in [6, 6.07) is 8.95. The lowest BCUT2D eigenvalue weighted by atomic mass is 10.3. The van der Waals surface area contributed by atoms with Gasteiger partial charge < -0.3 is 10.5 Å². The van der Waals surface area contributed by atoms with Crippen LogP contribution in [0.4, 0.5) is 5.69 Å². The summed E-state index contributed by atoms with van der Waals surface area (Å²) in [5.74, 6) is 1.08. The summed E-state index contributed by atoms with van der Waals surface area (Å²) in [6.45, 7) is 1.87. The Morgan fingerprint density at radius 3 is 2.62 bits per heavy atom. The summed E-state index contributed by atoms with van der Waals surface area (Å²) in [5.41, 5.74) is 7.17. The molecule has 0 saturated carbocycles. The van der Waals surface area contributed by atoms with Gasteiger partial charge in [0, 0.05) is 22.3 Å². The van der Waals surface area contributed by atoms with Crippen molar-refractivity contribution in [3.8, 4) is 11.6 Å². The average molecular weight is 280 g/mol. The van der Waals surface area contributed by atoms with Crippen molar-refractivity contribution in [2.45, 2.75) is 6.92 Å². The SMILES string of the molecule is Cc1ccc(Oc2cc(N)cc(Br)c2)nn1. The van der Waals surface area contributed by atoms with Gasteiger partial charge in [0.25, 0.3) is 0 Å². The molecule has 2 N–H and O–H groups in total. The number of nitrogen functional groups attached to an aromatic ring is 1. The molecule has 0 atom stereocenters. The van der Waals surface area contributed by atoms with Crippen LogP contribution in [-0.2, 0) is 0 Å². The number of aromatic nitrogens is 2. The second-order valence-electron chi connectivity index (χ2n) is 3.34. The molecule has 4 nitrogen and oxygen atoms in total. The van der Waals surface area contributed by atoms with E-state index in [1.165, 1.54) is 0 Å². The van der Waals surface area contributed by atoms with Crippen LogP contribution in [0.15, 0.2) is 34.8 Å². The largest absolute Gasteiger partial charge is 0.437 e. The maximum absolute atomic E-state index is 5.69. The Bertz CT molecular complexity index is 479. The third kappa shape index (κ3) is 2.70. The molecular weight excluding hydrogens is 270 g/mol. The van der Waals surface area contributed by atoms with Crippen LogP contribution < -0.4 is 10.5 Å². The van der Waals surface area contributed by atoms with Crippen molar-refractivity contribution in [2.75, 3.05) is 5.73 Å². The van der Waals surface area contributed by atoms with E-state index >= 15 is 0 Å². The zero-order valence-electron chi connectivity index (χ0n) is 8.64. The molecule has 1 heterocycles. The summed E-state index contributed by atoms with van der Waals surface area (Å²) in [5, 5.41) is 7.81. The predicted molar refractivity (Wildman–Crippen MR) is 65.4 cm³/mol. The minimum absolute atomic E-state index is 0.447. The number of aryl methyl sites for hydroxylation is 1. The molecule has 1 aromatic heterocycles. The number of benzene rings is 1. The van der Waals surface area contributed by atoms with E-state index in [1.54, 1.807) is 18.2 Å². The molecule has 0 fully saturated rings. The van der Waals surface area contributed by atoms with Gasteiger partial charge in [-0.3, -0.25) is 0 Å². The number of anilines is 1. The van der Waals surface area contributed by atoms with Gasteiger partial charge in [-0.05, 0) is 25.1 Å². The van der Waals surface area contributed by atoms with Crippen LogP contribution in [0.3, 0.4) is 0 Å². The Hall–Kier alpha value is -1.62. The Balaban J connectivity index is 2.23. The van der Waals surface area contributed by atoms with E-state index in [2.05, 4.69) is 26.1 Å². The van der Waals surface area contributed by atoms with E-state index in [4.69, 9.17) is 10.5 Å². The summed E-state index contributed by atoms with van der Waals surface area (Å²) in [6.07, 6.45) is 0. The zero-order chi connectivity index (χ0) is 11.5. The molecule has 0 radical (unpaired) electrons. The first kappa shape index (κ1) is 10.9. The lowest BCUT2D eigenvalue weighted by molar-refractivity contribution is 0.454. The lowest BCUT2D eigenvalue weighted by Crippen LogP contribution is -1.93. The van der Waals surface area contributed by atoms with Crippen LogP contribution in [0, 0.1) is 6.92 Å². The number of hydrogen-bond donors (Lipinski definition) is 1. The van der Waals surface area contributed by atoms with Crippen molar-refractivity contribution in [2.24, 2.45) is 0 Å². The van der Waals surface area contributed by atoms with E-state index in [0.717, 1.165) is 10.2 Å². The normalized spacial score (nSPS) is 10.1. The van der Waals surface area contributed by atoms with Crippen LogP contribution >= 0.6 is 15.9 Å². The molecule has 2 aromatic rings. The molecule has 2 rings (SSSR count). The minimum Gasteiger partial charge on any atom is -0.437 e. The van der Waals surface area contributed by atoms with Crippen LogP contribution in [0.2, 0.25) is 0 Å². The van der Waals surface area contributed by atoms with Crippen molar-refractivity contribution < 1.29 is 4.74 Å². The molecule has 0 bridgehead atoms. The predicted octanol–water partition coefficient (Wildman–Crippen LogP) is 2.92. The summed E-state index contributed by atoms with van der Waals surface area (Å²) in [7, 11) is 0. The fraction of sp³-hybridized carbons (Fsp3) is 0.0909. The Labute approximate surface area is 102 Å². The van der Waals surface area contributed by atoms with Crippen molar-refractivity contribution in [3.05, 3.63) is 40.5 Å². The van der Waals surface area contributed by atoms with Crippen LogP contribution in [0.5, 0.6) is 11.6 Å². The molecule has 0 spiro atoms.